The van der Waals surface area contributed by atoms with E-state index in [4.69, 9.17) is 5.73 Å². The molecule has 0 aliphatic rings. The average molecular weight is 250 g/mol. The predicted octanol–water partition coefficient (Wildman–Crippen LogP) is 2.48. The fourth-order valence-electron chi connectivity index (χ4n) is 1.61. The molecule has 0 bridgehead atoms. The van der Waals surface area contributed by atoms with Gasteiger partial charge in [0.1, 0.15) is 4.83 Å². The van der Waals surface area contributed by atoms with Crippen molar-refractivity contribution in [3.8, 4) is 0 Å². The monoisotopic (exact) mass is 250 g/mol. The molecule has 1 atom stereocenters. The summed E-state index contributed by atoms with van der Waals surface area (Å²) in [4.78, 5) is 9.76. The van der Waals surface area contributed by atoms with E-state index in [2.05, 4.69) is 22.2 Å². The second-order valence-corrected chi connectivity index (χ2v) is 5.18. The molecule has 0 amide bonds. The first-order valence-electron chi connectivity index (χ1n) is 5.94. The molecule has 0 aliphatic heterocycles. The molecule has 92 valence electrons. The molecule has 1 unspecified atom stereocenters. The van der Waals surface area contributed by atoms with Crippen molar-refractivity contribution >= 4 is 27.5 Å². The first kappa shape index (κ1) is 12.3. The third-order valence-electron chi connectivity index (χ3n) is 2.77. The van der Waals surface area contributed by atoms with Crippen molar-refractivity contribution < 1.29 is 0 Å². The number of nitrogens with zero attached hydrogens (tertiary/aromatic N) is 2. The Morgan fingerprint density at radius 1 is 1.53 bits per heavy atom. The van der Waals surface area contributed by atoms with Gasteiger partial charge in [0, 0.05) is 18.1 Å². The lowest BCUT2D eigenvalue weighted by atomic mass is 10.1. The number of thiophene rings is 1. The van der Waals surface area contributed by atoms with E-state index in [9.17, 15) is 0 Å². The number of fused-ring (bicyclic) bond motifs is 1. The fourth-order valence-corrected chi connectivity index (χ4v) is 2.35. The minimum Gasteiger partial charge on any atom is -0.354 e. The van der Waals surface area contributed by atoms with Crippen LogP contribution in [0.1, 0.15) is 19.8 Å². The Morgan fingerprint density at radius 3 is 3.24 bits per heavy atom. The van der Waals surface area contributed by atoms with Gasteiger partial charge in [-0.05, 0) is 36.8 Å². The molecule has 3 N–H and O–H groups in total. The van der Waals surface area contributed by atoms with Crippen molar-refractivity contribution in [3.63, 3.8) is 0 Å². The molecule has 5 heteroatoms. The van der Waals surface area contributed by atoms with Crippen LogP contribution < -0.4 is 11.1 Å². The van der Waals surface area contributed by atoms with Crippen LogP contribution in [0.2, 0.25) is 0 Å². The zero-order valence-electron chi connectivity index (χ0n) is 10.0. The SMILES string of the molecule is CC(CN)CCCNc1ncc2ccsc2n1. The van der Waals surface area contributed by atoms with Crippen LogP contribution in [0.15, 0.2) is 17.6 Å². The summed E-state index contributed by atoms with van der Waals surface area (Å²) >= 11 is 1.64. The van der Waals surface area contributed by atoms with Crippen molar-refractivity contribution in [2.75, 3.05) is 18.4 Å². The highest BCUT2D eigenvalue weighted by Crippen LogP contribution is 2.18. The fraction of sp³-hybridized carbons (Fsp3) is 0.500. The molecule has 0 fully saturated rings. The molecule has 0 aliphatic carbocycles. The van der Waals surface area contributed by atoms with Gasteiger partial charge in [-0.3, -0.25) is 0 Å². The van der Waals surface area contributed by atoms with E-state index in [1.54, 1.807) is 11.3 Å². The molecule has 0 saturated heterocycles. The molecule has 2 heterocycles. The van der Waals surface area contributed by atoms with Gasteiger partial charge in [0.25, 0.3) is 0 Å². The highest BCUT2D eigenvalue weighted by atomic mass is 32.1. The van der Waals surface area contributed by atoms with E-state index >= 15 is 0 Å². The first-order chi connectivity index (χ1) is 8.29. The number of nitrogens with two attached hydrogens (primary N) is 1. The van der Waals surface area contributed by atoms with Gasteiger partial charge in [-0.25, -0.2) is 9.97 Å². The average Bonchev–Trinajstić information content (AvgIpc) is 2.81. The Kier molecular flexibility index (Phi) is 4.28. The molecule has 0 aromatic carbocycles. The maximum Gasteiger partial charge on any atom is 0.224 e. The molecule has 0 radical (unpaired) electrons. The van der Waals surface area contributed by atoms with Crippen LogP contribution in [0, 0.1) is 5.92 Å². The maximum atomic E-state index is 5.57. The molecule has 2 rings (SSSR count). The minimum atomic E-state index is 0.595. The molecule has 2 aromatic rings. The second-order valence-electron chi connectivity index (χ2n) is 4.28. The summed E-state index contributed by atoms with van der Waals surface area (Å²) in [5.41, 5.74) is 5.57. The molecular formula is C12H18N4S. The van der Waals surface area contributed by atoms with E-state index in [-0.39, 0.29) is 0 Å². The summed E-state index contributed by atoms with van der Waals surface area (Å²) in [6.45, 7) is 3.84. The summed E-state index contributed by atoms with van der Waals surface area (Å²) in [6.07, 6.45) is 4.11. The topological polar surface area (TPSA) is 63.8 Å². The van der Waals surface area contributed by atoms with Crippen molar-refractivity contribution in [1.29, 1.82) is 0 Å². The lowest BCUT2D eigenvalue weighted by Gasteiger charge is -2.08. The van der Waals surface area contributed by atoms with Gasteiger partial charge in [0.15, 0.2) is 0 Å². The van der Waals surface area contributed by atoms with Gasteiger partial charge in [-0.15, -0.1) is 11.3 Å². The van der Waals surface area contributed by atoms with Crippen LogP contribution in [0.4, 0.5) is 5.95 Å². The lowest BCUT2D eigenvalue weighted by Crippen LogP contribution is -2.13. The molecule has 2 aromatic heterocycles. The highest BCUT2D eigenvalue weighted by molar-refractivity contribution is 7.16. The highest BCUT2D eigenvalue weighted by Gasteiger charge is 2.01. The Hall–Kier alpha value is -1.20. The van der Waals surface area contributed by atoms with E-state index in [0.29, 0.717) is 5.92 Å². The first-order valence-corrected chi connectivity index (χ1v) is 6.81. The van der Waals surface area contributed by atoms with E-state index < -0.39 is 0 Å². The maximum absolute atomic E-state index is 5.57. The largest absolute Gasteiger partial charge is 0.354 e. The van der Waals surface area contributed by atoms with E-state index in [1.165, 1.54) is 0 Å². The summed E-state index contributed by atoms with van der Waals surface area (Å²) < 4.78 is 0. The summed E-state index contributed by atoms with van der Waals surface area (Å²) in [6, 6.07) is 2.03. The Balaban J connectivity index is 1.82. The van der Waals surface area contributed by atoms with Gasteiger partial charge in [0.05, 0.1) is 0 Å². The third-order valence-corrected chi connectivity index (χ3v) is 3.59. The Morgan fingerprint density at radius 2 is 2.41 bits per heavy atom. The van der Waals surface area contributed by atoms with Crippen molar-refractivity contribution in [2.45, 2.75) is 19.8 Å². The van der Waals surface area contributed by atoms with Crippen LogP contribution in [0.3, 0.4) is 0 Å². The molecular weight excluding hydrogens is 232 g/mol. The third kappa shape index (κ3) is 3.38. The Bertz CT molecular complexity index is 468. The van der Waals surface area contributed by atoms with Gasteiger partial charge in [-0.2, -0.15) is 0 Å². The predicted molar refractivity (Wildman–Crippen MR) is 73.4 cm³/mol. The number of rotatable bonds is 6. The van der Waals surface area contributed by atoms with Crippen LogP contribution in [0.5, 0.6) is 0 Å². The zero-order chi connectivity index (χ0) is 12.1. The standard InChI is InChI=1S/C12H18N4S/c1-9(7-13)3-2-5-14-12-15-8-10-4-6-17-11(10)16-12/h4,6,8-9H,2-3,5,7,13H2,1H3,(H,14,15,16). The summed E-state index contributed by atoms with van der Waals surface area (Å²) in [5, 5.41) is 6.39. The number of aromatic nitrogens is 2. The zero-order valence-corrected chi connectivity index (χ0v) is 10.8. The van der Waals surface area contributed by atoms with Crippen molar-refractivity contribution in [2.24, 2.45) is 11.7 Å². The quantitative estimate of drug-likeness (QED) is 0.773. The number of hydrogen-bond donors (Lipinski definition) is 2. The molecule has 4 nitrogen and oxygen atoms in total. The lowest BCUT2D eigenvalue weighted by molar-refractivity contribution is 0.529. The number of anilines is 1. The van der Waals surface area contributed by atoms with E-state index in [1.807, 2.05) is 17.6 Å². The van der Waals surface area contributed by atoms with Gasteiger partial charge in [-0.1, -0.05) is 6.92 Å². The van der Waals surface area contributed by atoms with Gasteiger partial charge >= 0.3 is 0 Å². The summed E-state index contributed by atoms with van der Waals surface area (Å²) in [7, 11) is 0. The van der Waals surface area contributed by atoms with E-state index in [0.717, 1.165) is 42.1 Å². The molecule has 0 spiro atoms. The number of hydrogen-bond acceptors (Lipinski definition) is 5. The number of nitrogens with one attached hydrogen (secondary N) is 1. The van der Waals surface area contributed by atoms with Crippen LogP contribution >= 0.6 is 11.3 Å². The van der Waals surface area contributed by atoms with Gasteiger partial charge < -0.3 is 11.1 Å². The molecule has 17 heavy (non-hydrogen) atoms. The molecule has 0 saturated carbocycles. The second kappa shape index (κ2) is 5.93. The van der Waals surface area contributed by atoms with Crippen molar-refractivity contribution in [3.05, 3.63) is 17.6 Å². The van der Waals surface area contributed by atoms with Gasteiger partial charge in [0.2, 0.25) is 5.95 Å². The Labute approximate surface area is 105 Å². The van der Waals surface area contributed by atoms with Crippen LogP contribution in [-0.2, 0) is 0 Å². The van der Waals surface area contributed by atoms with Crippen LogP contribution in [-0.4, -0.2) is 23.1 Å². The normalized spacial score (nSPS) is 12.8. The van der Waals surface area contributed by atoms with Crippen molar-refractivity contribution in [1.82, 2.24) is 9.97 Å². The minimum absolute atomic E-state index is 0.595. The van der Waals surface area contributed by atoms with Crippen LogP contribution in [0.25, 0.3) is 10.2 Å². The smallest absolute Gasteiger partial charge is 0.224 e. The summed E-state index contributed by atoms with van der Waals surface area (Å²) in [5.74, 6) is 1.32.